The van der Waals surface area contributed by atoms with Crippen molar-refractivity contribution >= 4 is 29.2 Å². The zero-order valence-corrected chi connectivity index (χ0v) is 15.8. The van der Waals surface area contributed by atoms with Crippen molar-refractivity contribution in [1.29, 1.82) is 0 Å². The van der Waals surface area contributed by atoms with Crippen LogP contribution in [0, 0.1) is 0 Å². The normalized spacial score (nSPS) is 10.3. The lowest BCUT2D eigenvalue weighted by atomic mass is 10.1. The van der Waals surface area contributed by atoms with Gasteiger partial charge in [-0.3, -0.25) is 0 Å². The van der Waals surface area contributed by atoms with Gasteiger partial charge in [0.05, 0.1) is 14.2 Å². The molecule has 1 heterocycles. The van der Waals surface area contributed by atoms with Crippen LogP contribution in [0.25, 0.3) is 0 Å². The van der Waals surface area contributed by atoms with E-state index in [9.17, 15) is 0 Å². The van der Waals surface area contributed by atoms with Crippen molar-refractivity contribution < 1.29 is 9.47 Å². The largest absolute Gasteiger partial charge is 0.493 e. The quantitative estimate of drug-likeness (QED) is 0.607. The molecule has 7 nitrogen and oxygen atoms in total. The molecule has 0 amide bonds. The second-order valence-corrected chi connectivity index (χ2v) is 5.95. The fourth-order valence-electron chi connectivity index (χ4n) is 2.49. The van der Waals surface area contributed by atoms with Crippen molar-refractivity contribution in [1.82, 2.24) is 15.0 Å². The molecular weight excluding hydrogens is 366 g/mol. The summed E-state index contributed by atoms with van der Waals surface area (Å²) >= 11 is 6.01. The van der Waals surface area contributed by atoms with Gasteiger partial charge in [0.15, 0.2) is 11.5 Å². The van der Waals surface area contributed by atoms with Crippen LogP contribution < -0.4 is 20.1 Å². The molecule has 0 radical (unpaired) electrons. The van der Waals surface area contributed by atoms with Gasteiger partial charge in [0, 0.05) is 12.2 Å². The first kappa shape index (κ1) is 18.7. The van der Waals surface area contributed by atoms with Crippen molar-refractivity contribution in [2.45, 2.75) is 6.42 Å². The Hall–Kier alpha value is -3.06. The molecule has 0 saturated heterocycles. The maximum atomic E-state index is 6.01. The van der Waals surface area contributed by atoms with Gasteiger partial charge in [0.2, 0.25) is 17.2 Å². The summed E-state index contributed by atoms with van der Waals surface area (Å²) in [5, 5.41) is 6.39. The van der Waals surface area contributed by atoms with Crippen LogP contribution in [0.1, 0.15) is 5.56 Å². The standard InChI is InChI=1S/C19H20ClN5O2/c1-26-15-9-8-13(12-16(15)27-2)10-11-21-18-23-17(20)24-19(25-18)22-14-6-4-3-5-7-14/h3-9,12H,10-11H2,1-2H3,(H2,21,22,23,24,25). The first-order valence-electron chi connectivity index (χ1n) is 8.36. The smallest absolute Gasteiger partial charge is 0.233 e. The van der Waals surface area contributed by atoms with E-state index in [2.05, 4.69) is 25.6 Å². The van der Waals surface area contributed by atoms with E-state index in [1.54, 1.807) is 14.2 Å². The summed E-state index contributed by atoms with van der Waals surface area (Å²) in [7, 11) is 3.23. The topological polar surface area (TPSA) is 81.2 Å². The average Bonchev–Trinajstić information content (AvgIpc) is 2.68. The number of methoxy groups -OCH3 is 2. The number of nitrogens with zero attached hydrogens (tertiary/aromatic N) is 3. The fourth-order valence-corrected chi connectivity index (χ4v) is 2.65. The number of hydrogen-bond acceptors (Lipinski definition) is 7. The highest BCUT2D eigenvalue weighted by molar-refractivity contribution is 6.28. The Labute approximate surface area is 162 Å². The Balaban J connectivity index is 1.62. The summed E-state index contributed by atoms with van der Waals surface area (Å²) in [6.45, 7) is 0.626. The summed E-state index contributed by atoms with van der Waals surface area (Å²) in [4.78, 5) is 12.6. The third kappa shape index (κ3) is 5.21. The lowest BCUT2D eigenvalue weighted by Gasteiger charge is -2.10. The molecule has 2 N–H and O–H groups in total. The molecule has 0 aliphatic rings. The van der Waals surface area contributed by atoms with E-state index < -0.39 is 0 Å². The van der Waals surface area contributed by atoms with Gasteiger partial charge in [-0.05, 0) is 47.9 Å². The zero-order valence-electron chi connectivity index (χ0n) is 15.1. The Morgan fingerprint density at radius 1 is 0.889 bits per heavy atom. The minimum atomic E-state index is 0.122. The summed E-state index contributed by atoms with van der Waals surface area (Å²) < 4.78 is 10.6. The van der Waals surface area contributed by atoms with E-state index in [-0.39, 0.29) is 5.28 Å². The molecular formula is C19H20ClN5O2. The van der Waals surface area contributed by atoms with E-state index in [0.717, 1.165) is 17.7 Å². The van der Waals surface area contributed by atoms with Crippen molar-refractivity contribution in [2.75, 3.05) is 31.4 Å². The minimum Gasteiger partial charge on any atom is -0.493 e. The second-order valence-electron chi connectivity index (χ2n) is 5.61. The molecule has 0 bridgehead atoms. The van der Waals surface area contributed by atoms with Crippen LogP contribution in [0.2, 0.25) is 5.28 Å². The van der Waals surface area contributed by atoms with E-state index in [1.165, 1.54) is 0 Å². The highest BCUT2D eigenvalue weighted by Gasteiger charge is 2.07. The zero-order chi connectivity index (χ0) is 19.1. The average molecular weight is 386 g/mol. The van der Waals surface area contributed by atoms with Gasteiger partial charge in [0.1, 0.15) is 0 Å². The van der Waals surface area contributed by atoms with E-state index in [4.69, 9.17) is 21.1 Å². The highest BCUT2D eigenvalue weighted by Crippen LogP contribution is 2.27. The fraction of sp³-hybridized carbons (Fsp3) is 0.211. The number of hydrogen-bond donors (Lipinski definition) is 2. The molecule has 2 aromatic carbocycles. The monoisotopic (exact) mass is 385 g/mol. The van der Waals surface area contributed by atoms with E-state index in [0.29, 0.717) is 29.9 Å². The maximum Gasteiger partial charge on any atom is 0.233 e. The summed E-state index contributed by atoms with van der Waals surface area (Å²) in [5.41, 5.74) is 1.97. The first-order chi connectivity index (χ1) is 13.2. The first-order valence-corrected chi connectivity index (χ1v) is 8.74. The van der Waals surface area contributed by atoms with Gasteiger partial charge >= 0.3 is 0 Å². The van der Waals surface area contributed by atoms with Crippen LogP contribution in [0.15, 0.2) is 48.5 Å². The Morgan fingerprint density at radius 3 is 2.37 bits per heavy atom. The number of benzene rings is 2. The molecule has 27 heavy (non-hydrogen) atoms. The van der Waals surface area contributed by atoms with Crippen LogP contribution in [0.4, 0.5) is 17.6 Å². The molecule has 8 heteroatoms. The molecule has 3 rings (SSSR count). The van der Waals surface area contributed by atoms with Gasteiger partial charge in [-0.1, -0.05) is 24.3 Å². The van der Waals surface area contributed by atoms with Crippen LogP contribution >= 0.6 is 11.6 Å². The molecule has 140 valence electrons. The summed E-state index contributed by atoms with van der Waals surface area (Å²) in [6, 6.07) is 15.4. The van der Waals surface area contributed by atoms with Crippen molar-refractivity contribution in [2.24, 2.45) is 0 Å². The molecule has 0 spiro atoms. The van der Waals surface area contributed by atoms with Gasteiger partial charge in [-0.25, -0.2) is 0 Å². The molecule has 0 unspecified atom stereocenters. The van der Waals surface area contributed by atoms with Gasteiger partial charge < -0.3 is 20.1 Å². The molecule has 0 aliphatic carbocycles. The van der Waals surface area contributed by atoms with Crippen LogP contribution in [-0.2, 0) is 6.42 Å². The molecule has 1 aromatic heterocycles. The van der Waals surface area contributed by atoms with Gasteiger partial charge in [0.25, 0.3) is 0 Å². The Kier molecular flexibility index (Phi) is 6.27. The number of para-hydroxylation sites is 1. The summed E-state index contributed by atoms with van der Waals surface area (Å²) in [6.07, 6.45) is 0.755. The van der Waals surface area contributed by atoms with Crippen molar-refractivity contribution in [3.63, 3.8) is 0 Å². The predicted octanol–water partition coefficient (Wildman–Crippen LogP) is 3.94. The number of halogens is 1. The number of nitrogens with one attached hydrogen (secondary N) is 2. The molecule has 0 aliphatic heterocycles. The van der Waals surface area contributed by atoms with Crippen LogP contribution in [0.3, 0.4) is 0 Å². The SMILES string of the molecule is COc1ccc(CCNc2nc(Cl)nc(Nc3ccccc3)n2)cc1OC. The Morgan fingerprint density at radius 2 is 1.63 bits per heavy atom. The van der Waals surface area contributed by atoms with Crippen molar-refractivity contribution in [3.8, 4) is 11.5 Å². The summed E-state index contributed by atoms with van der Waals surface area (Å²) in [5.74, 6) is 2.20. The van der Waals surface area contributed by atoms with E-state index in [1.807, 2.05) is 48.5 Å². The Bertz CT molecular complexity index is 893. The molecule has 3 aromatic rings. The number of ether oxygens (including phenoxy) is 2. The van der Waals surface area contributed by atoms with Crippen molar-refractivity contribution in [3.05, 3.63) is 59.4 Å². The lowest BCUT2D eigenvalue weighted by Crippen LogP contribution is -2.10. The van der Waals surface area contributed by atoms with Crippen LogP contribution in [-0.4, -0.2) is 35.7 Å². The number of rotatable bonds is 8. The number of anilines is 3. The second kappa shape index (κ2) is 9.05. The molecule has 0 fully saturated rings. The molecule has 0 saturated carbocycles. The maximum absolute atomic E-state index is 6.01. The minimum absolute atomic E-state index is 0.122. The molecule has 0 atom stereocenters. The third-order valence-electron chi connectivity index (χ3n) is 3.78. The van der Waals surface area contributed by atoms with Crippen LogP contribution in [0.5, 0.6) is 11.5 Å². The van der Waals surface area contributed by atoms with Gasteiger partial charge in [-0.2, -0.15) is 15.0 Å². The highest BCUT2D eigenvalue weighted by atomic mass is 35.5. The predicted molar refractivity (Wildman–Crippen MR) is 106 cm³/mol. The van der Waals surface area contributed by atoms with E-state index >= 15 is 0 Å². The number of aromatic nitrogens is 3. The third-order valence-corrected chi connectivity index (χ3v) is 3.95. The lowest BCUT2D eigenvalue weighted by molar-refractivity contribution is 0.354. The van der Waals surface area contributed by atoms with Gasteiger partial charge in [-0.15, -0.1) is 0 Å².